The Morgan fingerprint density at radius 2 is 1.87 bits per heavy atom. The van der Waals surface area contributed by atoms with Crippen LogP contribution in [0.1, 0.15) is 37.7 Å². The summed E-state index contributed by atoms with van der Waals surface area (Å²) in [6.45, 7) is 2.18. The lowest BCUT2D eigenvalue weighted by molar-refractivity contribution is -0.149. The molecule has 4 unspecified atom stereocenters. The summed E-state index contributed by atoms with van der Waals surface area (Å²) in [6.07, 6.45) is 3.62. The van der Waals surface area contributed by atoms with Gasteiger partial charge in [-0.2, -0.15) is 0 Å². The number of urea groups is 1. The zero-order chi connectivity index (χ0) is 21.5. The highest BCUT2D eigenvalue weighted by Crippen LogP contribution is 2.38. The molecule has 1 aromatic carbocycles. The van der Waals surface area contributed by atoms with Crippen LogP contribution in [-0.4, -0.2) is 70.2 Å². The van der Waals surface area contributed by atoms with Crippen molar-refractivity contribution in [1.82, 2.24) is 20.0 Å². The quantitative estimate of drug-likeness (QED) is 0.739. The predicted molar refractivity (Wildman–Crippen MR) is 111 cm³/mol. The Hall–Kier alpha value is -2.90. The molecule has 31 heavy (non-hydrogen) atoms. The van der Waals surface area contributed by atoms with Crippen LogP contribution in [0.5, 0.6) is 0 Å². The summed E-state index contributed by atoms with van der Waals surface area (Å²) in [5, 5.41) is 2.68. The molecule has 4 aliphatic rings. The van der Waals surface area contributed by atoms with Crippen molar-refractivity contribution in [3.8, 4) is 0 Å². The highest BCUT2D eigenvalue weighted by atomic mass is 16.2. The molecular formula is C23H28N4O4. The first-order chi connectivity index (χ1) is 15.0. The van der Waals surface area contributed by atoms with Gasteiger partial charge in [-0.05, 0) is 36.7 Å². The van der Waals surface area contributed by atoms with Crippen molar-refractivity contribution >= 4 is 23.8 Å². The Morgan fingerprint density at radius 3 is 2.68 bits per heavy atom. The number of benzene rings is 1. The first-order valence-electron chi connectivity index (χ1n) is 11.2. The summed E-state index contributed by atoms with van der Waals surface area (Å²) < 4.78 is 0. The van der Waals surface area contributed by atoms with Crippen LogP contribution in [0.2, 0.25) is 0 Å². The van der Waals surface area contributed by atoms with Gasteiger partial charge in [0.05, 0.1) is 13.0 Å². The number of imide groups is 1. The van der Waals surface area contributed by atoms with E-state index in [1.54, 1.807) is 0 Å². The molecule has 0 radical (unpaired) electrons. The van der Waals surface area contributed by atoms with Crippen molar-refractivity contribution in [1.29, 1.82) is 0 Å². The second kappa shape index (κ2) is 7.98. The van der Waals surface area contributed by atoms with E-state index in [1.165, 1.54) is 4.90 Å². The van der Waals surface area contributed by atoms with Gasteiger partial charge in [-0.25, -0.2) is 4.79 Å². The fraction of sp³-hybridized carbons (Fsp3) is 0.565. The second-order valence-corrected chi connectivity index (χ2v) is 9.28. The third-order valence-corrected chi connectivity index (χ3v) is 7.20. The van der Waals surface area contributed by atoms with Gasteiger partial charge in [0, 0.05) is 32.1 Å². The van der Waals surface area contributed by atoms with Crippen LogP contribution in [0.15, 0.2) is 30.3 Å². The van der Waals surface area contributed by atoms with Gasteiger partial charge in [-0.3, -0.25) is 19.3 Å². The number of nitrogens with one attached hydrogen (secondary N) is 1. The lowest BCUT2D eigenvalue weighted by Crippen LogP contribution is -2.61. The summed E-state index contributed by atoms with van der Waals surface area (Å²) in [5.41, 5.74) is 0.869. The minimum absolute atomic E-state index is 0.0113. The fourth-order valence-corrected chi connectivity index (χ4v) is 5.75. The van der Waals surface area contributed by atoms with Gasteiger partial charge in [0.2, 0.25) is 11.8 Å². The summed E-state index contributed by atoms with van der Waals surface area (Å²) in [7, 11) is 0. The van der Waals surface area contributed by atoms with Crippen LogP contribution >= 0.6 is 0 Å². The van der Waals surface area contributed by atoms with Gasteiger partial charge in [0.25, 0.3) is 5.91 Å². The monoisotopic (exact) mass is 424 g/mol. The minimum atomic E-state index is -0.807. The van der Waals surface area contributed by atoms with Crippen molar-refractivity contribution in [3.05, 3.63) is 35.9 Å². The number of likely N-dealkylation sites (tertiary alicyclic amines) is 1. The number of piperidine rings is 3. The Labute approximate surface area is 181 Å². The van der Waals surface area contributed by atoms with Crippen LogP contribution in [-0.2, 0) is 20.9 Å². The van der Waals surface area contributed by atoms with Gasteiger partial charge >= 0.3 is 6.03 Å². The summed E-state index contributed by atoms with van der Waals surface area (Å²) in [4.78, 5) is 55.6. The lowest BCUT2D eigenvalue weighted by Gasteiger charge is -2.52. The topological polar surface area (TPSA) is 90.0 Å². The van der Waals surface area contributed by atoms with E-state index in [-0.39, 0.29) is 36.7 Å². The molecule has 4 heterocycles. The zero-order valence-electron chi connectivity index (χ0n) is 17.5. The number of carbonyl (C=O) groups is 4. The van der Waals surface area contributed by atoms with Crippen LogP contribution in [0, 0.1) is 11.8 Å². The normalized spacial score (nSPS) is 30.3. The minimum Gasteiger partial charge on any atom is -0.342 e. The van der Waals surface area contributed by atoms with E-state index in [9.17, 15) is 19.2 Å². The van der Waals surface area contributed by atoms with E-state index < -0.39 is 12.1 Å². The summed E-state index contributed by atoms with van der Waals surface area (Å²) >= 11 is 0. The number of amides is 5. The molecule has 4 fully saturated rings. The van der Waals surface area contributed by atoms with Crippen LogP contribution in [0.3, 0.4) is 0 Å². The number of hydrogen-bond donors (Lipinski definition) is 1. The summed E-state index contributed by atoms with van der Waals surface area (Å²) in [5.74, 6) is 0.422. The molecule has 0 aliphatic carbocycles. The predicted octanol–water partition coefficient (Wildman–Crippen LogP) is 1.36. The molecule has 4 saturated heterocycles. The van der Waals surface area contributed by atoms with E-state index >= 15 is 0 Å². The average molecular weight is 425 g/mol. The second-order valence-electron chi connectivity index (χ2n) is 9.28. The smallest absolute Gasteiger partial charge is 0.325 e. The highest BCUT2D eigenvalue weighted by Gasteiger charge is 2.46. The van der Waals surface area contributed by atoms with Crippen molar-refractivity contribution in [2.75, 3.05) is 19.6 Å². The summed E-state index contributed by atoms with van der Waals surface area (Å²) in [6, 6.07) is 8.33. The molecule has 8 nitrogen and oxygen atoms in total. The number of hydrogen-bond acceptors (Lipinski definition) is 4. The molecule has 4 aliphatic heterocycles. The molecule has 0 saturated carbocycles. The maximum atomic E-state index is 13.1. The van der Waals surface area contributed by atoms with Crippen LogP contribution in [0.25, 0.3) is 0 Å². The van der Waals surface area contributed by atoms with Crippen LogP contribution < -0.4 is 5.32 Å². The first-order valence-corrected chi connectivity index (χ1v) is 11.2. The van der Waals surface area contributed by atoms with Crippen molar-refractivity contribution < 1.29 is 19.2 Å². The molecule has 4 atom stereocenters. The molecular weight excluding hydrogens is 396 g/mol. The maximum Gasteiger partial charge on any atom is 0.325 e. The Balaban J connectivity index is 1.21. The zero-order valence-corrected chi connectivity index (χ0v) is 17.5. The molecule has 1 N–H and O–H groups in total. The molecule has 5 amide bonds. The number of nitrogens with zero attached hydrogens (tertiary/aromatic N) is 3. The molecule has 164 valence electrons. The van der Waals surface area contributed by atoms with Crippen molar-refractivity contribution in [3.63, 3.8) is 0 Å². The maximum absolute atomic E-state index is 13.1. The molecule has 0 spiro atoms. The Morgan fingerprint density at radius 1 is 1.06 bits per heavy atom. The SMILES string of the molecule is O=C(CC1NC(=O)N(Cc2ccccc2)C1=O)N1CC2CC(C1)C1CCCC(=O)N1C2. The van der Waals surface area contributed by atoms with E-state index in [0.717, 1.165) is 31.4 Å². The largest absolute Gasteiger partial charge is 0.342 e. The van der Waals surface area contributed by atoms with Crippen LogP contribution in [0.4, 0.5) is 4.79 Å². The van der Waals surface area contributed by atoms with E-state index in [4.69, 9.17) is 0 Å². The highest BCUT2D eigenvalue weighted by molar-refractivity contribution is 6.05. The first kappa shape index (κ1) is 20.0. The van der Waals surface area contributed by atoms with Gasteiger partial charge < -0.3 is 15.1 Å². The van der Waals surface area contributed by atoms with E-state index in [1.807, 2.05) is 40.1 Å². The number of fused-ring (bicyclic) bond motifs is 4. The van der Waals surface area contributed by atoms with Gasteiger partial charge in [-0.1, -0.05) is 30.3 Å². The molecule has 5 rings (SSSR count). The van der Waals surface area contributed by atoms with Crippen molar-refractivity contribution in [2.45, 2.75) is 50.7 Å². The molecule has 2 bridgehead atoms. The van der Waals surface area contributed by atoms with Gasteiger partial charge in [-0.15, -0.1) is 0 Å². The fourth-order valence-electron chi connectivity index (χ4n) is 5.75. The third kappa shape index (κ3) is 3.79. The lowest BCUT2D eigenvalue weighted by atomic mass is 9.76. The molecule has 8 heteroatoms. The van der Waals surface area contributed by atoms with E-state index in [0.29, 0.717) is 31.3 Å². The van der Waals surface area contributed by atoms with Gasteiger partial charge in [0.1, 0.15) is 6.04 Å². The Kier molecular flexibility index (Phi) is 5.16. The average Bonchev–Trinajstić information content (AvgIpc) is 3.02. The number of carbonyl (C=O) groups excluding carboxylic acids is 4. The molecule has 0 aromatic heterocycles. The third-order valence-electron chi connectivity index (χ3n) is 7.20. The molecule has 1 aromatic rings. The van der Waals surface area contributed by atoms with Crippen molar-refractivity contribution in [2.24, 2.45) is 11.8 Å². The van der Waals surface area contributed by atoms with Gasteiger partial charge in [0.15, 0.2) is 0 Å². The Bertz CT molecular complexity index is 904. The van der Waals surface area contributed by atoms with E-state index in [2.05, 4.69) is 5.32 Å². The number of rotatable bonds is 4. The standard InChI is InChI=1S/C23H28N4O4/c28-20-8-4-7-19-17-9-16(13-26(19)20)11-25(14-17)21(29)10-18-22(30)27(23(31)24-18)12-15-5-2-1-3-6-15/h1-3,5-6,16-19H,4,7-14H2,(H,24,31).